The topological polar surface area (TPSA) is 88.5 Å². The van der Waals surface area contributed by atoms with Crippen molar-refractivity contribution in [3.8, 4) is 0 Å². The third kappa shape index (κ3) is 4.64. The third-order valence-corrected chi connectivity index (χ3v) is 2.64. The Bertz CT molecular complexity index is 456. The quantitative estimate of drug-likeness (QED) is 0.573. The van der Waals surface area contributed by atoms with Crippen molar-refractivity contribution in [2.24, 2.45) is 0 Å². The van der Waals surface area contributed by atoms with Crippen LogP contribution in [0.2, 0.25) is 0 Å². The first-order valence-corrected chi connectivity index (χ1v) is 6.08. The summed E-state index contributed by atoms with van der Waals surface area (Å²) in [4.78, 5) is 25.8. The Morgan fingerprint density at radius 1 is 1.61 bits per heavy atom. The number of amides is 1. The Labute approximate surface area is 108 Å². The van der Waals surface area contributed by atoms with E-state index in [4.69, 9.17) is 9.84 Å². The van der Waals surface area contributed by atoms with Crippen molar-refractivity contribution in [2.75, 3.05) is 19.8 Å². The first-order chi connectivity index (χ1) is 8.50. The van der Waals surface area contributed by atoms with Gasteiger partial charge >= 0.3 is 5.97 Å². The molecule has 0 fully saturated rings. The number of ether oxygens (including phenoxy) is 1. The molecule has 0 bridgehead atoms. The molecule has 1 amide bonds. The van der Waals surface area contributed by atoms with E-state index in [1.54, 1.807) is 0 Å². The van der Waals surface area contributed by atoms with Crippen molar-refractivity contribution in [3.05, 3.63) is 28.2 Å². The first kappa shape index (κ1) is 14.3. The van der Waals surface area contributed by atoms with Crippen molar-refractivity contribution in [1.29, 1.82) is 0 Å². The monoisotopic (exact) mass is 270 g/mol. The average Bonchev–Trinajstić information content (AvgIpc) is 2.77. The van der Waals surface area contributed by atoms with Crippen LogP contribution in [0.25, 0.3) is 0 Å². The van der Waals surface area contributed by atoms with Gasteiger partial charge in [-0.25, -0.2) is 9.78 Å². The number of thiazole rings is 1. The van der Waals surface area contributed by atoms with Crippen LogP contribution < -0.4 is 5.32 Å². The molecule has 0 aliphatic heterocycles. The molecular formula is C11H14N2O4S. The lowest BCUT2D eigenvalue weighted by molar-refractivity contribution is 0.0691. The van der Waals surface area contributed by atoms with E-state index in [1.807, 2.05) is 6.92 Å². The van der Waals surface area contributed by atoms with E-state index in [0.717, 1.165) is 16.9 Å². The molecule has 0 radical (unpaired) electrons. The number of rotatable bonds is 7. The van der Waals surface area contributed by atoms with Crippen molar-refractivity contribution in [1.82, 2.24) is 10.3 Å². The molecule has 1 rings (SSSR count). The van der Waals surface area contributed by atoms with Crippen LogP contribution in [0.4, 0.5) is 0 Å². The normalized spacial score (nSPS) is 10.1. The standard InChI is InChI=1S/C11H14N2O4S/c1-7(2)5-17-4-3-12-9(14)10-13-8(6-18-10)11(15)16/h6H,1,3-5H2,2H3,(H,12,14)(H,15,16). The van der Waals surface area contributed by atoms with Crippen LogP contribution in [0.3, 0.4) is 0 Å². The maximum Gasteiger partial charge on any atom is 0.355 e. The second-order valence-corrected chi connectivity index (χ2v) is 4.47. The summed E-state index contributed by atoms with van der Waals surface area (Å²) in [6, 6.07) is 0. The largest absolute Gasteiger partial charge is 0.476 e. The number of carbonyl (C=O) groups is 2. The summed E-state index contributed by atoms with van der Waals surface area (Å²) in [5.41, 5.74) is 0.788. The lowest BCUT2D eigenvalue weighted by Gasteiger charge is -2.04. The van der Waals surface area contributed by atoms with Gasteiger partial charge in [-0.1, -0.05) is 12.2 Å². The predicted octanol–water partition coefficient (Wildman–Crippen LogP) is 1.16. The van der Waals surface area contributed by atoms with Gasteiger partial charge < -0.3 is 15.2 Å². The van der Waals surface area contributed by atoms with E-state index in [1.165, 1.54) is 5.38 Å². The molecule has 0 aliphatic carbocycles. The minimum Gasteiger partial charge on any atom is -0.476 e. The number of carbonyl (C=O) groups excluding carboxylic acids is 1. The number of aromatic carboxylic acids is 1. The summed E-state index contributed by atoms with van der Waals surface area (Å²) in [5, 5.41) is 12.7. The molecule has 7 heteroatoms. The molecule has 0 atom stereocenters. The minimum absolute atomic E-state index is 0.122. The lowest BCUT2D eigenvalue weighted by Crippen LogP contribution is -2.27. The zero-order chi connectivity index (χ0) is 13.5. The smallest absolute Gasteiger partial charge is 0.355 e. The maximum atomic E-state index is 11.5. The highest BCUT2D eigenvalue weighted by Crippen LogP contribution is 2.09. The number of aromatic nitrogens is 1. The predicted molar refractivity (Wildman–Crippen MR) is 67.0 cm³/mol. The second-order valence-electron chi connectivity index (χ2n) is 3.61. The van der Waals surface area contributed by atoms with E-state index < -0.39 is 11.9 Å². The SMILES string of the molecule is C=C(C)COCCNC(=O)c1nc(C(=O)O)cs1. The van der Waals surface area contributed by atoms with E-state index in [0.29, 0.717) is 19.8 Å². The highest BCUT2D eigenvalue weighted by molar-refractivity contribution is 7.11. The van der Waals surface area contributed by atoms with Gasteiger partial charge in [-0.15, -0.1) is 11.3 Å². The van der Waals surface area contributed by atoms with Gasteiger partial charge in [-0.3, -0.25) is 4.79 Å². The van der Waals surface area contributed by atoms with Gasteiger partial charge in [0.1, 0.15) is 0 Å². The van der Waals surface area contributed by atoms with Gasteiger partial charge in [0, 0.05) is 11.9 Å². The fraction of sp³-hybridized carbons (Fsp3) is 0.364. The highest BCUT2D eigenvalue weighted by Gasteiger charge is 2.13. The van der Waals surface area contributed by atoms with Crippen molar-refractivity contribution < 1.29 is 19.4 Å². The summed E-state index contributed by atoms with van der Waals surface area (Å²) in [7, 11) is 0. The van der Waals surface area contributed by atoms with Crippen molar-refractivity contribution >= 4 is 23.2 Å². The Morgan fingerprint density at radius 2 is 2.33 bits per heavy atom. The van der Waals surface area contributed by atoms with Crippen LogP contribution in [-0.2, 0) is 4.74 Å². The number of hydrogen-bond donors (Lipinski definition) is 2. The summed E-state index contributed by atoms with van der Waals surface area (Å²) in [5.74, 6) is -1.54. The number of nitrogens with zero attached hydrogens (tertiary/aromatic N) is 1. The van der Waals surface area contributed by atoms with Crippen LogP contribution in [0.1, 0.15) is 27.2 Å². The van der Waals surface area contributed by atoms with Gasteiger partial charge in [-0.2, -0.15) is 0 Å². The molecule has 0 aliphatic rings. The van der Waals surface area contributed by atoms with Gasteiger partial charge in [0.05, 0.1) is 13.2 Å². The number of nitrogens with one attached hydrogen (secondary N) is 1. The molecule has 0 saturated heterocycles. The molecule has 0 unspecified atom stereocenters. The Balaban J connectivity index is 2.32. The van der Waals surface area contributed by atoms with E-state index in [9.17, 15) is 9.59 Å². The van der Waals surface area contributed by atoms with Gasteiger partial charge in [0.15, 0.2) is 10.7 Å². The molecule has 6 nitrogen and oxygen atoms in total. The zero-order valence-corrected chi connectivity index (χ0v) is 10.7. The minimum atomic E-state index is -1.14. The lowest BCUT2D eigenvalue weighted by atomic mass is 10.4. The summed E-state index contributed by atoms with van der Waals surface area (Å²) < 4.78 is 5.20. The summed E-state index contributed by atoms with van der Waals surface area (Å²) in [6.07, 6.45) is 0. The van der Waals surface area contributed by atoms with Crippen molar-refractivity contribution in [2.45, 2.75) is 6.92 Å². The van der Waals surface area contributed by atoms with Crippen LogP contribution >= 0.6 is 11.3 Å². The Kier molecular flexibility index (Phi) is 5.47. The van der Waals surface area contributed by atoms with Crippen LogP contribution in [0, 0.1) is 0 Å². The third-order valence-electron chi connectivity index (χ3n) is 1.80. The number of carboxylic acid groups (broad SMARTS) is 1. The molecule has 0 saturated carbocycles. The van der Waals surface area contributed by atoms with Crippen molar-refractivity contribution in [3.63, 3.8) is 0 Å². The van der Waals surface area contributed by atoms with Gasteiger partial charge in [-0.05, 0) is 6.92 Å². The van der Waals surface area contributed by atoms with Crippen LogP contribution in [0.5, 0.6) is 0 Å². The fourth-order valence-electron chi connectivity index (χ4n) is 1.03. The molecule has 2 N–H and O–H groups in total. The molecule has 98 valence electrons. The average molecular weight is 270 g/mol. The Hall–Kier alpha value is -1.73. The van der Waals surface area contributed by atoms with E-state index in [2.05, 4.69) is 16.9 Å². The van der Waals surface area contributed by atoms with Crippen LogP contribution in [-0.4, -0.2) is 41.7 Å². The molecule has 1 aromatic rings. The molecule has 0 aromatic carbocycles. The molecular weight excluding hydrogens is 256 g/mol. The molecule has 1 aromatic heterocycles. The first-order valence-electron chi connectivity index (χ1n) is 5.20. The maximum absolute atomic E-state index is 11.5. The molecule has 1 heterocycles. The zero-order valence-electron chi connectivity index (χ0n) is 9.93. The second kappa shape index (κ2) is 6.87. The van der Waals surface area contributed by atoms with E-state index in [-0.39, 0.29) is 10.7 Å². The number of hydrogen-bond acceptors (Lipinski definition) is 5. The van der Waals surface area contributed by atoms with Gasteiger partial charge in [0.25, 0.3) is 5.91 Å². The van der Waals surface area contributed by atoms with E-state index >= 15 is 0 Å². The summed E-state index contributed by atoms with van der Waals surface area (Å²) in [6.45, 7) is 6.69. The fourth-order valence-corrected chi connectivity index (χ4v) is 1.74. The summed E-state index contributed by atoms with van der Waals surface area (Å²) >= 11 is 0.996. The highest BCUT2D eigenvalue weighted by atomic mass is 32.1. The number of carboxylic acids is 1. The molecule has 0 spiro atoms. The Morgan fingerprint density at radius 3 is 2.89 bits per heavy atom. The van der Waals surface area contributed by atoms with Crippen LogP contribution in [0.15, 0.2) is 17.5 Å². The molecule has 18 heavy (non-hydrogen) atoms. The van der Waals surface area contributed by atoms with Gasteiger partial charge in [0.2, 0.25) is 0 Å².